The smallest absolute Gasteiger partial charge is 0.368 e. The first-order chi connectivity index (χ1) is 12.8. The predicted molar refractivity (Wildman–Crippen MR) is 100 cm³/mol. The molecule has 1 aliphatic heterocycles. The second-order valence-electron chi connectivity index (χ2n) is 6.31. The van der Waals surface area contributed by atoms with Crippen LogP contribution in [-0.2, 0) is 11.0 Å². The standard InChI is InChI=1S/C19H19ClF3N3O/c20-15-6-2-4-8-17(15)26-11-9-25(10-12-26)13-18(27)24-16-7-3-1-5-14(16)19(21,22)23/h1-8H,9-13H2,(H,24,27). The Balaban J connectivity index is 1.56. The van der Waals surface area contributed by atoms with Crippen molar-refractivity contribution >= 4 is 28.9 Å². The van der Waals surface area contributed by atoms with Gasteiger partial charge in [-0.15, -0.1) is 0 Å². The van der Waals surface area contributed by atoms with Crippen LogP contribution in [0.15, 0.2) is 48.5 Å². The van der Waals surface area contributed by atoms with Gasteiger partial charge in [0, 0.05) is 26.2 Å². The Hall–Kier alpha value is -2.25. The lowest BCUT2D eigenvalue weighted by Gasteiger charge is -2.36. The summed E-state index contributed by atoms with van der Waals surface area (Å²) in [5, 5.41) is 3.05. The van der Waals surface area contributed by atoms with Gasteiger partial charge < -0.3 is 10.2 Å². The van der Waals surface area contributed by atoms with Gasteiger partial charge >= 0.3 is 6.18 Å². The van der Waals surface area contributed by atoms with E-state index < -0.39 is 17.6 Å². The van der Waals surface area contributed by atoms with E-state index in [2.05, 4.69) is 10.2 Å². The molecule has 1 fully saturated rings. The van der Waals surface area contributed by atoms with Crippen molar-refractivity contribution in [3.63, 3.8) is 0 Å². The molecule has 0 bridgehead atoms. The number of halogens is 4. The van der Waals surface area contributed by atoms with Crippen LogP contribution < -0.4 is 10.2 Å². The average molecular weight is 398 g/mol. The molecule has 27 heavy (non-hydrogen) atoms. The van der Waals surface area contributed by atoms with Gasteiger partial charge in [0.25, 0.3) is 0 Å². The molecule has 0 atom stereocenters. The summed E-state index contributed by atoms with van der Waals surface area (Å²) in [7, 11) is 0. The zero-order valence-corrected chi connectivity index (χ0v) is 15.2. The molecule has 1 amide bonds. The van der Waals surface area contributed by atoms with Crippen molar-refractivity contribution in [2.45, 2.75) is 6.18 Å². The molecule has 1 saturated heterocycles. The number of piperazine rings is 1. The van der Waals surface area contributed by atoms with Gasteiger partial charge in [-0.3, -0.25) is 9.69 Å². The summed E-state index contributed by atoms with van der Waals surface area (Å²) in [6, 6.07) is 12.5. The third-order valence-corrected chi connectivity index (χ3v) is 4.76. The number of hydrogen-bond acceptors (Lipinski definition) is 3. The summed E-state index contributed by atoms with van der Waals surface area (Å²) in [5.41, 5.74) is -0.117. The molecule has 2 aromatic carbocycles. The number of anilines is 2. The van der Waals surface area contributed by atoms with E-state index in [1.165, 1.54) is 18.2 Å². The molecule has 8 heteroatoms. The van der Waals surface area contributed by atoms with Crippen LogP contribution in [0.1, 0.15) is 5.56 Å². The average Bonchev–Trinajstić information content (AvgIpc) is 2.62. The van der Waals surface area contributed by atoms with Crippen molar-refractivity contribution in [1.82, 2.24) is 4.90 Å². The Kier molecular flexibility index (Phi) is 5.92. The fourth-order valence-corrected chi connectivity index (χ4v) is 3.34. The predicted octanol–water partition coefficient (Wildman–Crippen LogP) is 4.12. The molecule has 0 aliphatic carbocycles. The molecule has 0 spiro atoms. The van der Waals surface area contributed by atoms with Gasteiger partial charge in [0.05, 0.1) is 28.5 Å². The van der Waals surface area contributed by atoms with Gasteiger partial charge in [0.1, 0.15) is 0 Å². The Bertz CT molecular complexity index is 805. The maximum atomic E-state index is 13.0. The Labute approximate surface area is 160 Å². The first kappa shape index (κ1) is 19.5. The molecule has 3 rings (SSSR count). The van der Waals surface area contributed by atoms with Crippen LogP contribution in [0.5, 0.6) is 0 Å². The molecule has 1 N–H and O–H groups in total. The molecule has 1 aliphatic rings. The number of amides is 1. The summed E-state index contributed by atoms with van der Waals surface area (Å²) in [4.78, 5) is 16.3. The molecule has 1 heterocycles. The van der Waals surface area contributed by atoms with Crippen LogP contribution in [0.4, 0.5) is 24.5 Å². The molecule has 0 radical (unpaired) electrons. The molecular weight excluding hydrogens is 379 g/mol. The first-order valence-corrected chi connectivity index (χ1v) is 8.90. The zero-order valence-electron chi connectivity index (χ0n) is 14.5. The molecular formula is C19H19ClF3N3O. The maximum absolute atomic E-state index is 13.0. The SMILES string of the molecule is O=C(CN1CCN(c2ccccc2Cl)CC1)Nc1ccccc1C(F)(F)F. The second-order valence-corrected chi connectivity index (χ2v) is 6.71. The number of alkyl halides is 3. The number of nitrogens with zero attached hydrogens (tertiary/aromatic N) is 2. The van der Waals surface area contributed by atoms with Gasteiger partial charge in [0.15, 0.2) is 0 Å². The molecule has 0 unspecified atom stereocenters. The molecule has 0 saturated carbocycles. The van der Waals surface area contributed by atoms with E-state index in [1.807, 2.05) is 29.2 Å². The third kappa shape index (κ3) is 4.93. The lowest BCUT2D eigenvalue weighted by atomic mass is 10.1. The van der Waals surface area contributed by atoms with Gasteiger partial charge in [-0.05, 0) is 24.3 Å². The molecule has 144 valence electrons. The largest absolute Gasteiger partial charge is 0.418 e. The van der Waals surface area contributed by atoms with Crippen LogP contribution in [-0.4, -0.2) is 43.5 Å². The number of benzene rings is 2. The molecule has 0 aromatic heterocycles. The minimum absolute atomic E-state index is 0.0442. The highest BCUT2D eigenvalue weighted by Crippen LogP contribution is 2.34. The summed E-state index contributed by atoms with van der Waals surface area (Å²) >= 11 is 6.21. The lowest BCUT2D eigenvalue weighted by Crippen LogP contribution is -2.48. The summed E-state index contributed by atoms with van der Waals surface area (Å²) in [6.07, 6.45) is -4.51. The Morgan fingerprint density at radius 1 is 1.00 bits per heavy atom. The Morgan fingerprint density at radius 2 is 1.63 bits per heavy atom. The van der Waals surface area contributed by atoms with Gasteiger partial charge in [-0.25, -0.2) is 0 Å². The molecule has 4 nitrogen and oxygen atoms in total. The minimum atomic E-state index is -4.51. The van der Waals surface area contributed by atoms with Gasteiger partial charge in [-0.1, -0.05) is 35.9 Å². The summed E-state index contributed by atoms with van der Waals surface area (Å²) in [5.74, 6) is -0.460. The van der Waals surface area contributed by atoms with E-state index >= 15 is 0 Å². The quantitative estimate of drug-likeness (QED) is 0.843. The van der Waals surface area contributed by atoms with Crippen molar-refractivity contribution in [1.29, 1.82) is 0 Å². The monoisotopic (exact) mass is 397 g/mol. The minimum Gasteiger partial charge on any atom is -0.368 e. The summed E-state index contributed by atoms with van der Waals surface area (Å²) < 4.78 is 39.0. The van der Waals surface area contributed by atoms with Gasteiger partial charge in [0.2, 0.25) is 5.91 Å². The summed E-state index contributed by atoms with van der Waals surface area (Å²) in [6.45, 7) is 2.67. The van der Waals surface area contributed by atoms with Gasteiger partial charge in [-0.2, -0.15) is 13.2 Å². The normalized spacial score (nSPS) is 15.6. The van der Waals surface area contributed by atoms with E-state index in [4.69, 9.17) is 11.6 Å². The number of carbonyl (C=O) groups excluding carboxylic acids is 1. The van der Waals surface area contributed by atoms with Crippen molar-refractivity contribution in [2.75, 3.05) is 42.9 Å². The highest BCUT2D eigenvalue weighted by atomic mass is 35.5. The van der Waals surface area contributed by atoms with E-state index in [-0.39, 0.29) is 12.2 Å². The van der Waals surface area contributed by atoms with Crippen molar-refractivity contribution < 1.29 is 18.0 Å². The van der Waals surface area contributed by atoms with E-state index in [0.717, 1.165) is 11.8 Å². The number of carbonyl (C=O) groups is 1. The fraction of sp³-hybridized carbons (Fsp3) is 0.316. The number of rotatable bonds is 4. The highest BCUT2D eigenvalue weighted by molar-refractivity contribution is 6.33. The first-order valence-electron chi connectivity index (χ1n) is 8.52. The second kappa shape index (κ2) is 8.19. The van der Waals surface area contributed by atoms with Crippen LogP contribution >= 0.6 is 11.6 Å². The maximum Gasteiger partial charge on any atom is 0.418 e. The van der Waals surface area contributed by atoms with Crippen molar-refractivity contribution in [3.05, 3.63) is 59.1 Å². The fourth-order valence-electron chi connectivity index (χ4n) is 3.09. The Morgan fingerprint density at radius 3 is 2.30 bits per heavy atom. The number of nitrogens with one attached hydrogen (secondary N) is 1. The number of para-hydroxylation sites is 2. The third-order valence-electron chi connectivity index (χ3n) is 4.44. The van der Waals surface area contributed by atoms with Crippen LogP contribution in [0, 0.1) is 0 Å². The van der Waals surface area contributed by atoms with Crippen LogP contribution in [0.25, 0.3) is 0 Å². The lowest BCUT2D eigenvalue weighted by molar-refractivity contribution is -0.137. The van der Waals surface area contributed by atoms with Crippen LogP contribution in [0.2, 0.25) is 5.02 Å². The highest BCUT2D eigenvalue weighted by Gasteiger charge is 2.33. The molecule has 2 aromatic rings. The number of hydrogen-bond donors (Lipinski definition) is 1. The van der Waals surface area contributed by atoms with Crippen molar-refractivity contribution in [3.8, 4) is 0 Å². The van der Waals surface area contributed by atoms with E-state index in [9.17, 15) is 18.0 Å². The van der Waals surface area contributed by atoms with Crippen molar-refractivity contribution in [2.24, 2.45) is 0 Å². The van der Waals surface area contributed by atoms with Crippen LogP contribution in [0.3, 0.4) is 0 Å². The zero-order chi connectivity index (χ0) is 19.4. The van der Waals surface area contributed by atoms with E-state index in [1.54, 1.807) is 0 Å². The topological polar surface area (TPSA) is 35.6 Å². The van der Waals surface area contributed by atoms with E-state index in [0.29, 0.717) is 31.2 Å².